The monoisotopic (exact) mass is 460 g/mol. The summed E-state index contributed by atoms with van der Waals surface area (Å²) in [5.74, 6) is 5.16. The van der Waals surface area contributed by atoms with Gasteiger partial charge in [-0.15, -0.1) is 17.8 Å². The van der Waals surface area contributed by atoms with Crippen LogP contribution < -0.4 is 14.9 Å². The van der Waals surface area contributed by atoms with E-state index in [0.717, 1.165) is 15.6 Å². The summed E-state index contributed by atoms with van der Waals surface area (Å²) >= 11 is 1.02. The van der Waals surface area contributed by atoms with E-state index in [1.54, 1.807) is 24.3 Å². The fourth-order valence-electron chi connectivity index (χ4n) is 2.76. The molecular formula is C21H20N2O6S2. The number of benzene rings is 2. The predicted molar refractivity (Wildman–Crippen MR) is 118 cm³/mol. The molecule has 162 valence electrons. The lowest BCUT2D eigenvalue weighted by molar-refractivity contribution is 0.0698. The zero-order chi connectivity index (χ0) is 23.0. The molecule has 0 bridgehead atoms. The Balaban J connectivity index is 0.00000166. The van der Waals surface area contributed by atoms with Gasteiger partial charge in [-0.25, -0.2) is 19.1 Å². The smallest absolute Gasteiger partial charge is 0.338 e. The number of sulfonamides is 1. The number of thiophene rings is 1. The maximum Gasteiger partial charge on any atom is 0.338 e. The van der Waals surface area contributed by atoms with E-state index >= 15 is 0 Å². The first-order valence-electron chi connectivity index (χ1n) is 8.66. The summed E-state index contributed by atoms with van der Waals surface area (Å²) in [7, 11) is -2.63. The Labute approximate surface area is 184 Å². The molecule has 0 saturated carbocycles. The number of terminal acetylenes is 1. The number of methoxy groups -OCH3 is 1. The fraction of sp³-hybridized carbons (Fsp3) is 0.0952. The van der Waals surface area contributed by atoms with Gasteiger partial charge in [-0.05, 0) is 29.8 Å². The van der Waals surface area contributed by atoms with Gasteiger partial charge in [0.2, 0.25) is 0 Å². The minimum absolute atomic E-state index is 0.000240. The number of nitrogens with two attached hydrogens (primary N) is 1. The van der Waals surface area contributed by atoms with Crippen molar-refractivity contribution in [1.82, 2.24) is 0 Å². The van der Waals surface area contributed by atoms with Crippen LogP contribution in [0.2, 0.25) is 0 Å². The van der Waals surface area contributed by atoms with Crippen LogP contribution in [-0.2, 0) is 16.6 Å². The van der Waals surface area contributed by atoms with Crippen LogP contribution in [0.25, 0.3) is 0 Å². The van der Waals surface area contributed by atoms with Crippen LogP contribution in [0.4, 0.5) is 5.69 Å². The summed E-state index contributed by atoms with van der Waals surface area (Å²) < 4.78 is 33.2. The number of ether oxygens (including phenoxy) is 1. The van der Waals surface area contributed by atoms with Crippen molar-refractivity contribution in [3.63, 3.8) is 0 Å². The van der Waals surface area contributed by atoms with Crippen molar-refractivity contribution >= 4 is 33.0 Å². The number of nitrogens with zero attached hydrogens (tertiary/aromatic N) is 1. The SMILES string of the molecule is C#Cc1scc(C(=O)O)c1N(Cc1ccccc1)S(=O)(=O)c1ccc(OC)cc1.NO. The van der Waals surface area contributed by atoms with Crippen LogP contribution in [0.3, 0.4) is 0 Å². The standard InChI is InChI=1S/C21H17NO5S2.H3NO/c1-3-19-20(18(14-28-19)21(23)24)22(13-15-7-5-4-6-8-15)29(25,26)17-11-9-16(27-2)10-12-17;1-2/h1,4-12,14H,13H2,2H3,(H,23,24);2H,1H2. The number of hydrogen-bond donors (Lipinski definition) is 3. The first-order chi connectivity index (χ1) is 14.9. The zero-order valence-electron chi connectivity index (χ0n) is 16.4. The van der Waals surface area contributed by atoms with Crippen LogP contribution in [-0.4, -0.2) is 31.8 Å². The van der Waals surface area contributed by atoms with Gasteiger partial charge in [0.25, 0.3) is 10.0 Å². The number of aromatic carboxylic acids is 1. The van der Waals surface area contributed by atoms with Gasteiger partial charge in [0.1, 0.15) is 10.6 Å². The molecule has 0 atom stereocenters. The first-order valence-corrected chi connectivity index (χ1v) is 11.0. The number of anilines is 1. The molecule has 1 aromatic heterocycles. The summed E-state index contributed by atoms with van der Waals surface area (Å²) in [6.45, 7) is -0.0686. The third kappa shape index (κ3) is 5.22. The quantitative estimate of drug-likeness (QED) is 0.365. The highest BCUT2D eigenvalue weighted by Gasteiger charge is 2.32. The van der Waals surface area contributed by atoms with E-state index in [1.165, 1.54) is 36.8 Å². The highest BCUT2D eigenvalue weighted by molar-refractivity contribution is 7.92. The maximum atomic E-state index is 13.5. The van der Waals surface area contributed by atoms with Crippen molar-refractivity contribution in [3.05, 3.63) is 76.0 Å². The molecule has 0 saturated heterocycles. The van der Waals surface area contributed by atoms with Gasteiger partial charge in [-0.1, -0.05) is 36.3 Å². The van der Waals surface area contributed by atoms with Crippen molar-refractivity contribution in [3.8, 4) is 18.1 Å². The van der Waals surface area contributed by atoms with Crippen molar-refractivity contribution in [2.24, 2.45) is 5.90 Å². The Morgan fingerprint density at radius 3 is 2.29 bits per heavy atom. The van der Waals surface area contributed by atoms with Crippen LogP contribution in [0.15, 0.2) is 64.9 Å². The number of carboxylic acids is 1. The first kappa shape index (κ1) is 23.9. The van der Waals surface area contributed by atoms with E-state index in [9.17, 15) is 18.3 Å². The normalized spacial score (nSPS) is 10.4. The van der Waals surface area contributed by atoms with Crippen LogP contribution in [0, 0.1) is 12.3 Å². The molecule has 2 aromatic carbocycles. The summed E-state index contributed by atoms with van der Waals surface area (Å²) in [6, 6.07) is 14.8. The van der Waals surface area contributed by atoms with E-state index in [0.29, 0.717) is 11.3 Å². The Bertz CT molecular complexity index is 1170. The molecule has 0 spiro atoms. The molecule has 8 nitrogen and oxygen atoms in total. The molecule has 1 heterocycles. The molecule has 0 aliphatic heterocycles. The highest BCUT2D eigenvalue weighted by atomic mass is 32.2. The molecule has 0 aliphatic carbocycles. The summed E-state index contributed by atoms with van der Waals surface area (Å²) in [4.78, 5) is 12.0. The van der Waals surface area contributed by atoms with Gasteiger partial charge < -0.3 is 15.1 Å². The van der Waals surface area contributed by atoms with Crippen LogP contribution >= 0.6 is 11.3 Å². The summed E-state index contributed by atoms with van der Waals surface area (Å²) in [5.41, 5.74) is 0.524. The fourth-order valence-corrected chi connectivity index (χ4v) is 5.15. The molecular weight excluding hydrogens is 440 g/mol. The Morgan fingerprint density at radius 1 is 1.16 bits per heavy atom. The van der Waals surface area contributed by atoms with Crippen LogP contribution in [0.5, 0.6) is 5.75 Å². The number of carbonyl (C=O) groups is 1. The Kier molecular flexibility index (Phi) is 8.18. The molecule has 10 heteroatoms. The van der Waals surface area contributed by atoms with Gasteiger partial charge in [-0.2, -0.15) is 0 Å². The van der Waals surface area contributed by atoms with E-state index < -0.39 is 16.0 Å². The molecule has 0 fully saturated rings. The second kappa shape index (κ2) is 10.6. The molecule has 31 heavy (non-hydrogen) atoms. The van der Waals surface area contributed by atoms with Gasteiger partial charge >= 0.3 is 5.97 Å². The molecule has 0 unspecified atom stereocenters. The minimum atomic E-state index is -4.11. The average Bonchev–Trinajstić information content (AvgIpc) is 3.23. The Morgan fingerprint density at radius 2 is 1.77 bits per heavy atom. The van der Waals surface area contributed by atoms with E-state index in [1.807, 2.05) is 6.07 Å². The lowest BCUT2D eigenvalue weighted by Gasteiger charge is -2.25. The number of rotatable bonds is 7. The van der Waals surface area contributed by atoms with Crippen LogP contribution in [0.1, 0.15) is 20.8 Å². The van der Waals surface area contributed by atoms with Gasteiger partial charge in [0.05, 0.1) is 29.8 Å². The van der Waals surface area contributed by atoms with Gasteiger partial charge in [0, 0.05) is 5.38 Å². The van der Waals surface area contributed by atoms with Gasteiger partial charge in [0.15, 0.2) is 0 Å². The molecule has 0 aliphatic rings. The zero-order valence-corrected chi connectivity index (χ0v) is 18.1. The van der Waals surface area contributed by atoms with Crippen molar-refractivity contribution in [2.45, 2.75) is 11.4 Å². The third-order valence-electron chi connectivity index (χ3n) is 4.19. The molecule has 3 rings (SSSR count). The lowest BCUT2D eigenvalue weighted by atomic mass is 10.2. The number of hydrogen-bond acceptors (Lipinski definition) is 7. The molecule has 3 aromatic rings. The highest BCUT2D eigenvalue weighted by Crippen LogP contribution is 2.36. The maximum absolute atomic E-state index is 13.5. The largest absolute Gasteiger partial charge is 0.497 e. The molecule has 0 amide bonds. The second-order valence-corrected chi connectivity index (χ2v) is 8.69. The molecule has 0 radical (unpaired) electrons. The number of carboxylic acid groups (broad SMARTS) is 1. The van der Waals surface area contributed by atoms with Crippen molar-refractivity contribution in [1.29, 1.82) is 0 Å². The lowest BCUT2D eigenvalue weighted by Crippen LogP contribution is -2.32. The minimum Gasteiger partial charge on any atom is -0.497 e. The van der Waals surface area contributed by atoms with Gasteiger partial charge in [-0.3, -0.25) is 4.31 Å². The van der Waals surface area contributed by atoms with Crippen molar-refractivity contribution < 1.29 is 28.3 Å². The second-order valence-electron chi connectivity index (χ2n) is 5.95. The Hall–Kier alpha value is -3.36. The van der Waals surface area contributed by atoms with E-state index in [2.05, 4.69) is 11.8 Å². The summed E-state index contributed by atoms with van der Waals surface area (Å²) in [5, 5.41) is 17.4. The van der Waals surface area contributed by atoms with E-state index in [4.69, 9.17) is 16.4 Å². The third-order valence-corrected chi connectivity index (χ3v) is 6.85. The topological polar surface area (TPSA) is 130 Å². The predicted octanol–water partition coefficient (Wildman–Crippen LogP) is 3.17. The molecule has 4 N–H and O–H groups in total. The summed E-state index contributed by atoms with van der Waals surface area (Å²) in [6.07, 6.45) is 5.54. The van der Waals surface area contributed by atoms with Crippen molar-refractivity contribution in [2.75, 3.05) is 11.4 Å². The average molecular weight is 461 g/mol. The van der Waals surface area contributed by atoms with E-state index in [-0.39, 0.29) is 27.6 Å².